The Kier molecular flexibility index (Phi) is 8.35. The molecule has 168 valence electrons. The lowest BCUT2D eigenvalue weighted by atomic mass is 10.1. The molecular formula is C19H15Cl2F4NO5. The number of nitrogens with zero attached hydrogens (tertiary/aromatic N) is 1. The molecule has 2 aromatic carbocycles. The molecule has 0 aliphatic carbocycles. The first-order valence-electron chi connectivity index (χ1n) is 8.65. The molecule has 6 nitrogen and oxygen atoms in total. The van der Waals surface area contributed by atoms with Crippen LogP contribution in [0.4, 0.5) is 17.6 Å². The second kappa shape index (κ2) is 10.5. The molecule has 1 amide bonds. The van der Waals surface area contributed by atoms with Gasteiger partial charge in [0.1, 0.15) is 23.1 Å². The minimum absolute atomic E-state index is 0.0134. The van der Waals surface area contributed by atoms with Crippen LogP contribution in [0.2, 0.25) is 10.0 Å². The standard InChI is InChI=1S/C18H13Cl2F4NO3.CH2O2/c19-12-7-10(3-4-15(12)28-18(22,23)24)27-16-9-14(21)11(8-13(16)20)17(26)25-5-1-2-6-25;2-1-3/h3-4,7-9H,1-2,5-6H2;1H,(H,2,3). The first-order valence-corrected chi connectivity index (χ1v) is 9.40. The summed E-state index contributed by atoms with van der Waals surface area (Å²) < 4.78 is 60.4. The van der Waals surface area contributed by atoms with Crippen LogP contribution in [0, 0.1) is 5.82 Å². The average molecular weight is 484 g/mol. The Morgan fingerprint density at radius 2 is 1.65 bits per heavy atom. The number of carbonyl (C=O) groups excluding carboxylic acids is 1. The highest BCUT2D eigenvalue weighted by atomic mass is 35.5. The number of ether oxygens (including phenoxy) is 2. The molecule has 1 aliphatic heterocycles. The van der Waals surface area contributed by atoms with Gasteiger partial charge in [-0.2, -0.15) is 0 Å². The van der Waals surface area contributed by atoms with Gasteiger partial charge < -0.3 is 19.5 Å². The van der Waals surface area contributed by atoms with E-state index in [-0.39, 0.29) is 33.6 Å². The Morgan fingerprint density at radius 3 is 2.19 bits per heavy atom. The zero-order chi connectivity index (χ0) is 23.2. The molecule has 0 saturated carbocycles. The summed E-state index contributed by atoms with van der Waals surface area (Å²) in [4.78, 5) is 22.2. The molecule has 1 aliphatic rings. The largest absolute Gasteiger partial charge is 0.573 e. The minimum atomic E-state index is -4.89. The summed E-state index contributed by atoms with van der Waals surface area (Å²) in [5.41, 5.74) is -0.175. The molecule has 0 radical (unpaired) electrons. The van der Waals surface area contributed by atoms with Crippen LogP contribution in [-0.2, 0) is 4.79 Å². The van der Waals surface area contributed by atoms with Crippen LogP contribution in [0.5, 0.6) is 17.2 Å². The van der Waals surface area contributed by atoms with Crippen molar-refractivity contribution in [2.75, 3.05) is 13.1 Å². The number of halogens is 6. The second-order valence-electron chi connectivity index (χ2n) is 6.11. The molecule has 2 aromatic rings. The molecule has 0 spiro atoms. The van der Waals surface area contributed by atoms with E-state index in [0.29, 0.717) is 13.1 Å². The van der Waals surface area contributed by atoms with E-state index >= 15 is 0 Å². The molecule has 1 N–H and O–H groups in total. The van der Waals surface area contributed by atoms with Gasteiger partial charge in [0, 0.05) is 25.2 Å². The first-order chi connectivity index (χ1) is 14.6. The Hall–Kier alpha value is -2.72. The van der Waals surface area contributed by atoms with Crippen molar-refractivity contribution in [2.24, 2.45) is 0 Å². The smallest absolute Gasteiger partial charge is 0.483 e. The maximum absolute atomic E-state index is 14.4. The molecule has 12 heteroatoms. The van der Waals surface area contributed by atoms with E-state index < -0.39 is 23.8 Å². The molecule has 0 atom stereocenters. The van der Waals surface area contributed by atoms with Crippen molar-refractivity contribution in [3.8, 4) is 17.2 Å². The Morgan fingerprint density at radius 1 is 1.06 bits per heavy atom. The fourth-order valence-electron chi connectivity index (χ4n) is 2.74. The van der Waals surface area contributed by atoms with Gasteiger partial charge in [-0.05, 0) is 31.0 Å². The van der Waals surface area contributed by atoms with Crippen molar-refractivity contribution in [1.82, 2.24) is 4.90 Å². The predicted molar refractivity (Wildman–Crippen MR) is 103 cm³/mol. The van der Waals surface area contributed by atoms with Gasteiger partial charge in [-0.15, -0.1) is 13.2 Å². The second-order valence-corrected chi connectivity index (χ2v) is 6.92. The average Bonchev–Trinajstić information content (AvgIpc) is 3.20. The molecular weight excluding hydrogens is 469 g/mol. The van der Waals surface area contributed by atoms with Crippen molar-refractivity contribution in [3.63, 3.8) is 0 Å². The topological polar surface area (TPSA) is 76.1 Å². The first kappa shape index (κ1) is 24.5. The van der Waals surface area contributed by atoms with E-state index in [2.05, 4.69) is 4.74 Å². The Bertz CT molecular complexity index is 950. The van der Waals surface area contributed by atoms with Crippen molar-refractivity contribution >= 4 is 35.6 Å². The van der Waals surface area contributed by atoms with Gasteiger partial charge in [0.05, 0.1) is 15.6 Å². The van der Waals surface area contributed by atoms with Crippen molar-refractivity contribution in [3.05, 3.63) is 51.8 Å². The number of hydrogen-bond acceptors (Lipinski definition) is 4. The molecule has 3 rings (SSSR count). The third-order valence-electron chi connectivity index (χ3n) is 4.00. The summed E-state index contributed by atoms with van der Waals surface area (Å²) >= 11 is 11.8. The van der Waals surface area contributed by atoms with Crippen LogP contribution in [0.3, 0.4) is 0 Å². The number of likely N-dealkylation sites (tertiary alicyclic amines) is 1. The van der Waals surface area contributed by atoms with Crippen LogP contribution in [0.1, 0.15) is 23.2 Å². The summed E-state index contributed by atoms with van der Waals surface area (Å²) in [5, 5.41) is 6.50. The van der Waals surface area contributed by atoms with E-state index in [9.17, 15) is 22.4 Å². The van der Waals surface area contributed by atoms with E-state index in [4.69, 9.17) is 37.8 Å². The normalized spacial score (nSPS) is 13.3. The Balaban J connectivity index is 0.00000107. The van der Waals surface area contributed by atoms with Crippen molar-refractivity contribution in [2.45, 2.75) is 19.2 Å². The maximum Gasteiger partial charge on any atom is 0.573 e. The number of benzene rings is 2. The Labute approximate surface area is 183 Å². The molecule has 0 bridgehead atoms. The number of amides is 1. The number of alkyl halides is 3. The summed E-state index contributed by atoms with van der Waals surface area (Å²) in [6.45, 7) is 0.859. The van der Waals surface area contributed by atoms with E-state index in [1.165, 1.54) is 4.90 Å². The van der Waals surface area contributed by atoms with E-state index in [0.717, 1.165) is 43.2 Å². The summed E-state index contributed by atoms with van der Waals surface area (Å²) in [7, 11) is 0. The monoisotopic (exact) mass is 483 g/mol. The zero-order valence-corrected chi connectivity index (χ0v) is 17.1. The SMILES string of the molecule is O=C(c1cc(Cl)c(Oc2ccc(OC(F)(F)F)c(Cl)c2)cc1F)N1CCCC1.O=CO. The van der Waals surface area contributed by atoms with Gasteiger partial charge in [0.25, 0.3) is 12.4 Å². The maximum atomic E-state index is 14.4. The van der Waals surface area contributed by atoms with Crippen molar-refractivity contribution < 1.29 is 41.7 Å². The lowest BCUT2D eigenvalue weighted by Crippen LogP contribution is -2.28. The number of hydrogen-bond donors (Lipinski definition) is 1. The molecule has 0 aromatic heterocycles. The fraction of sp³-hybridized carbons (Fsp3) is 0.263. The zero-order valence-electron chi connectivity index (χ0n) is 15.6. The van der Waals surface area contributed by atoms with Gasteiger partial charge in [-0.1, -0.05) is 23.2 Å². The lowest BCUT2D eigenvalue weighted by molar-refractivity contribution is -0.274. The van der Waals surface area contributed by atoms with E-state index in [1.807, 2.05) is 0 Å². The molecule has 31 heavy (non-hydrogen) atoms. The van der Waals surface area contributed by atoms with Crippen molar-refractivity contribution in [1.29, 1.82) is 0 Å². The van der Waals surface area contributed by atoms with Crippen LogP contribution in [-0.4, -0.2) is 41.8 Å². The lowest BCUT2D eigenvalue weighted by Gasteiger charge is -2.17. The van der Waals surface area contributed by atoms with Gasteiger partial charge in [0.15, 0.2) is 0 Å². The summed E-state index contributed by atoms with van der Waals surface area (Å²) in [5.74, 6) is -1.98. The summed E-state index contributed by atoms with van der Waals surface area (Å²) in [6.07, 6.45) is -3.18. The third kappa shape index (κ3) is 6.90. The van der Waals surface area contributed by atoms with Gasteiger partial charge >= 0.3 is 6.36 Å². The molecule has 1 saturated heterocycles. The highest BCUT2D eigenvalue weighted by Crippen LogP contribution is 2.37. The summed E-state index contributed by atoms with van der Waals surface area (Å²) in [6, 6.07) is 5.29. The molecule has 1 fully saturated rings. The molecule has 0 unspecified atom stereocenters. The number of carbonyl (C=O) groups is 2. The van der Waals surface area contributed by atoms with Gasteiger partial charge in [-0.3, -0.25) is 9.59 Å². The quantitative estimate of drug-likeness (QED) is 0.441. The highest BCUT2D eigenvalue weighted by molar-refractivity contribution is 6.32. The number of carboxylic acid groups (broad SMARTS) is 1. The van der Waals surface area contributed by atoms with Gasteiger partial charge in [-0.25, -0.2) is 4.39 Å². The number of rotatable bonds is 4. The minimum Gasteiger partial charge on any atom is -0.483 e. The highest BCUT2D eigenvalue weighted by Gasteiger charge is 2.32. The van der Waals surface area contributed by atoms with Crippen LogP contribution in [0.15, 0.2) is 30.3 Å². The van der Waals surface area contributed by atoms with Gasteiger partial charge in [0.2, 0.25) is 0 Å². The van der Waals surface area contributed by atoms with Crippen LogP contribution < -0.4 is 9.47 Å². The third-order valence-corrected chi connectivity index (χ3v) is 4.59. The fourth-order valence-corrected chi connectivity index (χ4v) is 3.15. The van der Waals surface area contributed by atoms with E-state index in [1.54, 1.807) is 0 Å². The van der Waals surface area contributed by atoms with Crippen LogP contribution in [0.25, 0.3) is 0 Å². The predicted octanol–water partition coefficient (Wildman–Crippen LogP) is 5.76. The van der Waals surface area contributed by atoms with Crippen LogP contribution >= 0.6 is 23.2 Å². The molecule has 1 heterocycles.